The number of hydrogen-bond acceptors (Lipinski definition) is 4. The lowest BCUT2D eigenvalue weighted by Crippen LogP contribution is -2.37. The lowest BCUT2D eigenvalue weighted by molar-refractivity contribution is -0.116. The first-order chi connectivity index (χ1) is 14.4. The van der Waals surface area contributed by atoms with Crippen LogP contribution in [0.15, 0.2) is 78.0 Å². The number of halogens is 1. The number of nitrogens with zero attached hydrogens (tertiary/aromatic N) is 2. The van der Waals surface area contributed by atoms with Crippen LogP contribution in [0, 0.1) is 0 Å². The summed E-state index contributed by atoms with van der Waals surface area (Å²) in [5.74, 6) is -0.426. The molecule has 0 aliphatic rings. The molecule has 3 rings (SSSR count). The van der Waals surface area contributed by atoms with Crippen molar-refractivity contribution < 1.29 is 13.2 Å². The normalized spacial score (nSPS) is 11.4. The van der Waals surface area contributed by atoms with Gasteiger partial charge in [0.25, 0.3) is 0 Å². The standard InChI is InChI=1S/C22H22ClN3O3S/c1-2-17-5-3-6-20(13-17)25-22(27)16-26(15-18-8-10-19(23)11-9-18)30(28,29)21-7-4-12-24-14-21/h3-14H,2,15-16H2,1H3,(H,25,27). The van der Waals surface area contributed by atoms with Gasteiger partial charge in [0.15, 0.2) is 0 Å². The van der Waals surface area contributed by atoms with Crippen LogP contribution in [-0.2, 0) is 27.8 Å². The Morgan fingerprint density at radius 2 is 1.83 bits per heavy atom. The van der Waals surface area contributed by atoms with Crippen LogP contribution in [0.1, 0.15) is 18.1 Å². The average Bonchev–Trinajstić information content (AvgIpc) is 2.75. The molecular formula is C22H22ClN3O3S. The number of aryl methyl sites for hydroxylation is 1. The summed E-state index contributed by atoms with van der Waals surface area (Å²) < 4.78 is 27.5. The maximum atomic E-state index is 13.2. The van der Waals surface area contributed by atoms with Gasteiger partial charge in [-0.2, -0.15) is 4.31 Å². The minimum atomic E-state index is -3.93. The molecule has 0 bridgehead atoms. The number of benzene rings is 2. The van der Waals surface area contributed by atoms with E-state index in [0.717, 1.165) is 16.3 Å². The van der Waals surface area contributed by atoms with Crippen LogP contribution in [0.5, 0.6) is 0 Å². The van der Waals surface area contributed by atoms with Crippen molar-refractivity contribution >= 4 is 33.2 Å². The summed E-state index contributed by atoms with van der Waals surface area (Å²) in [5.41, 5.74) is 2.42. The van der Waals surface area contributed by atoms with E-state index in [9.17, 15) is 13.2 Å². The Balaban J connectivity index is 1.84. The van der Waals surface area contributed by atoms with Crippen molar-refractivity contribution in [3.05, 3.63) is 89.2 Å². The van der Waals surface area contributed by atoms with Crippen LogP contribution in [-0.4, -0.2) is 30.2 Å². The van der Waals surface area contributed by atoms with Crippen LogP contribution < -0.4 is 5.32 Å². The minimum Gasteiger partial charge on any atom is -0.325 e. The van der Waals surface area contributed by atoms with Crippen molar-refractivity contribution in [1.29, 1.82) is 0 Å². The molecule has 0 saturated heterocycles. The highest BCUT2D eigenvalue weighted by Crippen LogP contribution is 2.19. The van der Waals surface area contributed by atoms with E-state index in [2.05, 4.69) is 10.3 Å². The van der Waals surface area contributed by atoms with Crippen LogP contribution in [0.2, 0.25) is 5.02 Å². The van der Waals surface area contributed by atoms with Gasteiger partial charge >= 0.3 is 0 Å². The molecule has 0 unspecified atom stereocenters. The number of carbonyl (C=O) groups excluding carboxylic acids is 1. The summed E-state index contributed by atoms with van der Waals surface area (Å²) in [6.45, 7) is 1.71. The van der Waals surface area contributed by atoms with E-state index < -0.39 is 15.9 Å². The Bertz CT molecular complexity index is 1100. The molecular weight excluding hydrogens is 422 g/mol. The van der Waals surface area contributed by atoms with Crippen LogP contribution in [0.25, 0.3) is 0 Å². The number of amides is 1. The highest BCUT2D eigenvalue weighted by atomic mass is 35.5. The highest BCUT2D eigenvalue weighted by molar-refractivity contribution is 7.89. The van der Waals surface area contributed by atoms with E-state index >= 15 is 0 Å². The Morgan fingerprint density at radius 1 is 1.07 bits per heavy atom. The summed E-state index contributed by atoms with van der Waals surface area (Å²) in [5, 5.41) is 3.33. The number of rotatable bonds is 8. The van der Waals surface area contributed by atoms with Crippen molar-refractivity contribution in [1.82, 2.24) is 9.29 Å². The fraction of sp³-hybridized carbons (Fsp3) is 0.182. The molecule has 1 aromatic heterocycles. The van der Waals surface area contributed by atoms with Gasteiger partial charge in [-0.1, -0.05) is 42.8 Å². The molecule has 156 valence electrons. The largest absolute Gasteiger partial charge is 0.325 e. The van der Waals surface area contributed by atoms with E-state index in [4.69, 9.17) is 11.6 Å². The smallest absolute Gasteiger partial charge is 0.245 e. The molecule has 0 spiro atoms. The minimum absolute atomic E-state index is 0.0246. The maximum Gasteiger partial charge on any atom is 0.245 e. The van der Waals surface area contributed by atoms with Crippen molar-refractivity contribution in [2.24, 2.45) is 0 Å². The fourth-order valence-corrected chi connectivity index (χ4v) is 4.37. The Kier molecular flexibility index (Phi) is 7.20. The second-order valence-electron chi connectivity index (χ2n) is 6.69. The van der Waals surface area contributed by atoms with Gasteiger partial charge in [-0.15, -0.1) is 0 Å². The predicted octanol–water partition coefficient (Wildman–Crippen LogP) is 4.13. The second kappa shape index (κ2) is 9.84. The number of carbonyl (C=O) groups is 1. The summed E-state index contributed by atoms with van der Waals surface area (Å²) in [6.07, 6.45) is 3.60. The first-order valence-electron chi connectivity index (χ1n) is 9.42. The topological polar surface area (TPSA) is 79.4 Å². The first-order valence-corrected chi connectivity index (χ1v) is 11.2. The van der Waals surface area contributed by atoms with Crippen LogP contribution in [0.4, 0.5) is 5.69 Å². The Labute approximate surface area is 181 Å². The number of nitrogens with one attached hydrogen (secondary N) is 1. The van der Waals surface area contributed by atoms with Gasteiger partial charge in [0.05, 0.1) is 6.54 Å². The van der Waals surface area contributed by atoms with Crippen molar-refractivity contribution in [3.8, 4) is 0 Å². The van der Waals surface area contributed by atoms with E-state index in [0.29, 0.717) is 16.3 Å². The van der Waals surface area contributed by atoms with Crippen molar-refractivity contribution in [2.75, 3.05) is 11.9 Å². The number of sulfonamides is 1. The van der Waals surface area contributed by atoms with Crippen molar-refractivity contribution in [2.45, 2.75) is 24.8 Å². The summed E-state index contributed by atoms with van der Waals surface area (Å²) in [4.78, 5) is 16.6. The third-order valence-electron chi connectivity index (χ3n) is 4.48. The van der Waals surface area contributed by atoms with Gasteiger partial charge < -0.3 is 5.32 Å². The Morgan fingerprint density at radius 3 is 2.50 bits per heavy atom. The number of pyridine rings is 1. The molecule has 8 heteroatoms. The third-order valence-corrected chi connectivity index (χ3v) is 6.51. The lowest BCUT2D eigenvalue weighted by Gasteiger charge is -2.22. The van der Waals surface area contributed by atoms with Crippen molar-refractivity contribution in [3.63, 3.8) is 0 Å². The molecule has 30 heavy (non-hydrogen) atoms. The van der Waals surface area contributed by atoms with Gasteiger partial charge in [0.1, 0.15) is 4.90 Å². The first kappa shape index (κ1) is 22.0. The quantitative estimate of drug-likeness (QED) is 0.567. The molecule has 0 aliphatic heterocycles. The van der Waals surface area contributed by atoms with Gasteiger partial charge in [0, 0.05) is 29.6 Å². The van der Waals surface area contributed by atoms with Gasteiger partial charge in [-0.3, -0.25) is 9.78 Å². The van der Waals surface area contributed by atoms with E-state index in [-0.39, 0.29) is 18.0 Å². The SMILES string of the molecule is CCc1cccc(NC(=O)CN(Cc2ccc(Cl)cc2)S(=O)(=O)c2cccnc2)c1. The maximum absolute atomic E-state index is 13.2. The van der Waals surface area contributed by atoms with E-state index in [1.807, 2.05) is 25.1 Å². The molecule has 0 atom stereocenters. The van der Waals surface area contributed by atoms with Gasteiger partial charge in [-0.05, 0) is 53.9 Å². The van der Waals surface area contributed by atoms with Gasteiger partial charge in [-0.25, -0.2) is 8.42 Å². The molecule has 0 radical (unpaired) electrons. The molecule has 1 heterocycles. The van der Waals surface area contributed by atoms with Gasteiger partial charge in [0.2, 0.25) is 15.9 Å². The molecule has 2 aromatic carbocycles. The molecule has 6 nitrogen and oxygen atoms in total. The molecule has 0 saturated carbocycles. The average molecular weight is 444 g/mol. The number of hydrogen-bond donors (Lipinski definition) is 1. The van der Waals surface area contributed by atoms with Crippen LogP contribution in [0.3, 0.4) is 0 Å². The monoisotopic (exact) mass is 443 g/mol. The number of anilines is 1. The fourth-order valence-electron chi connectivity index (χ4n) is 2.90. The molecule has 0 fully saturated rings. The van der Waals surface area contributed by atoms with Crippen LogP contribution >= 0.6 is 11.6 Å². The lowest BCUT2D eigenvalue weighted by atomic mass is 10.1. The van der Waals surface area contributed by atoms with E-state index in [1.54, 1.807) is 36.4 Å². The zero-order valence-corrected chi connectivity index (χ0v) is 18.0. The Hall–Kier alpha value is -2.74. The molecule has 1 N–H and O–H groups in total. The molecule has 0 aliphatic carbocycles. The highest BCUT2D eigenvalue weighted by Gasteiger charge is 2.27. The summed E-state index contributed by atoms with van der Waals surface area (Å²) >= 11 is 5.93. The third kappa shape index (κ3) is 5.66. The summed E-state index contributed by atoms with van der Waals surface area (Å²) in [7, 11) is -3.93. The van der Waals surface area contributed by atoms with E-state index in [1.165, 1.54) is 18.5 Å². The second-order valence-corrected chi connectivity index (χ2v) is 9.06. The molecule has 3 aromatic rings. The number of aromatic nitrogens is 1. The predicted molar refractivity (Wildman–Crippen MR) is 118 cm³/mol. The zero-order valence-electron chi connectivity index (χ0n) is 16.5. The zero-order chi connectivity index (χ0) is 21.6. The summed E-state index contributed by atoms with van der Waals surface area (Å²) in [6, 6.07) is 17.3. The molecule has 1 amide bonds.